The topological polar surface area (TPSA) is 68.1 Å². The van der Waals surface area contributed by atoms with Gasteiger partial charge in [-0.05, 0) is 36.8 Å². The van der Waals surface area contributed by atoms with Gasteiger partial charge in [0.1, 0.15) is 11.8 Å². The van der Waals surface area contributed by atoms with Gasteiger partial charge in [0.2, 0.25) is 5.88 Å². The van der Waals surface area contributed by atoms with Gasteiger partial charge in [-0.25, -0.2) is 9.97 Å². The average Bonchev–Trinajstić information content (AvgIpc) is 2.61. The Labute approximate surface area is 145 Å². The predicted molar refractivity (Wildman–Crippen MR) is 92.1 cm³/mol. The number of methoxy groups -OCH3 is 1. The molecule has 6 heteroatoms. The minimum absolute atomic E-state index is 0.456. The van der Waals surface area contributed by atoms with Crippen LogP contribution in [0.3, 0.4) is 0 Å². The molecule has 24 heavy (non-hydrogen) atoms. The summed E-state index contributed by atoms with van der Waals surface area (Å²) in [6.07, 6.45) is -0.853. The summed E-state index contributed by atoms with van der Waals surface area (Å²) in [5.74, 6) is 0.931. The van der Waals surface area contributed by atoms with Crippen molar-refractivity contribution in [2.75, 3.05) is 7.11 Å². The van der Waals surface area contributed by atoms with E-state index in [-0.39, 0.29) is 0 Å². The first-order valence-corrected chi connectivity index (χ1v) is 7.75. The van der Waals surface area contributed by atoms with Crippen molar-refractivity contribution in [2.24, 2.45) is 0 Å². The summed E-state index contributed by atoms with van der Waals surface area (Å²) in [5, 5.41) is 11.2. The number of pyridine rings is 1. The van der Waals surface area contributed by atoms with Crippen LogP contribution in [0.4, 0.5) is 0 Å². The van der Waals surface area contributed by atoms with Crippen molar-refractivity contribution in [3.63, 3.8) is 0 Å². The van der Waals surface area contributed by atoms with Crippen LogP contribution in [0, 0.1) is 6.92 Å². The first kappa shape index (κ1) is 16.4. The van der Waals surface area contributed by atoms with E-state index >= 15 is 0 Å². The van der Waals surface area contributed by atoms with Crippen LogP contribution in [0.2, 0.25) is 5.02 Å². The van der Waals surface area contributed by atoms with Crippen LogP contribution in [-0.4, -0.2) is 27.2 Å². The van der Waals surface area contributed by atoms with Crippen LogP contribution in [0.15, 0.2) is 48.5 Å². The molecule has 0 aliphatic rings. The molecule has 0 aliphatic carbocycles. The summed E-state index contributed by atoms with van der Waals surface area (Å²) in [6, 6.07) is 14.1. The molecule has 2 heterocycles. The highest BCUT2D eigenvalue weighted by Gasteiger charge is 2.14. The van der Waals surface area contributed by atoms with Crippen molar-refractivity contribution in [3.8, 4) is 17.4 Å². The average molecular weight is 342 g/mol. The van der Waals surface area contributed by atoms with Crippen molar-refractivity contribution in [3.05, 3.63) is 70.5 Å². The number of aliphatic hydroxyl groups excluding tert-OH is 1. The van der Waals surface area contributed by atoms with Crippen molar-refractivity contribution in [1.82, 2.24) is 15.0 Å². The van der Waals surface area contributed by atoms with Crippen LogP contribution in [0.1, 0.15) is 23.1 Å². The lowest BCUT2D eigenvalue weighted by atomic mass is 10.1. The summed E-state index contributed by atoms with van der Waals surface area (Å²) in [4.78, 5) is 13.2. The zero-order valence-corrected chi connectivity index (χ0v) is 14.0. The Balaban J connectivity index is 1.97. The summed E-state index contributed by atoms with van der Waals surface area (Å²) in [5.41, 5.74) is 2.58. The zero-order chi connectivity index (χ0) is 17.1. The van der Waals surface area contributed by atoms with Crippen molar-refractivity contribution in [2.45, 2.75) is 13.0 Å². The van der Waals surface area contributed by atoms with Gasteiger partial charge in [-0.3, -0.25) is 0 Å². The fourth-order valence-corrected chi connectivity index (χ4v) is 2.43. The van der Waals surface area contributed by atoms with E-state index < -0.39 is 6.10 Å². The monoisotopic (exact) mass is 341 g/mol. The molecule has 0 aliphatic heterocycles. The van der Waals surface area contributed by atoms with Gasteiger partial charge in [0, 0.05) is 16.8 Å². The predicted octanol–water partition coefficient (Wildman–Crippen LogP) is 3.59. The van der Waals surface area contributed by atoms with Crippen LogP contribution >= 0.6 is 11.6 Å². The minimum Gasteiger partial charge on any atom is -0.481 e. The molecular formula is C18H16ClN3O2. The smallest absolute Gasteiger partial charge is 0.216 e. The van der Waals surface area contributed by atoms with E-state index in [4.69, 9.17) is 16.3 Å². The number of hydrogen-bond acceptors (Lipinski definition) is 5. The Bertz CT molecular complexity index is 853. The Hall–Kier alpha value is -2.50. The molecule has 0 bridgehead atoms. The molecule has 1 aromatic carbocycles. The minimum atomic E-state index is -0.853. The van der Waals surface area contributed by atoms with Gasteiger partial charge >= 0.3 is 0 Å². The number of aliphatic hydroxyl groups is 1. The molecule has 0 amide bonds. The van der Waals surface area contributed by atoms with Crippen molar-refractivity contribution in [1.29, 1.82) is 0 Å². The standard InChI is InChI=1S/C18H16ClN3O2/c1-11-10-16(24-2)22-18(20-11)15-5-3-4-14(21-15)17(23)12-6-8-13(19)9-7-12/h3-10,17,23H,1-2H3. The SMILES string of the molecule is COc1cc(C)nc(-c2cccc(C(O)c3ccc(Cl)cc3)n2)n1. The van der Waals surface area contributed by atoms with E-state index in [0.29, 0.717) is 33.7 Å². The number of hydrogen-bond donors (Lipinski definition) is 1. The van der Waals surface area contributed by atoms with Crippen LogP contribution in [0.5, 0.6) is 5.88 Å². The van der Waals surface area contributed by atoms with E-state index in [1.54, 1.807) is 49.6 Å². The Morgan fingerprint density at radius 1 is 1.04 bits per heavy atom. The number of nitrogens with zero attached hydrogens (tertiary/aromatic N) is 3. The molecule has 122 valence electrons. The molecule has 2 aromatic heterocycles. The number of halogens is 1. The highest BCUT2D eigenvalue weighted by Crippen LogP contribution is 2.24. The second-order valence-corrected chi connectivity index (χ2v) is 5.71. The third kappa shape index (κ3) is 3.53. The molecule has 0 fully saturated rings. The lowest BCUT2D eigenvalue weighted by Gasteiger charge is -2.12. The summed E-state index contributed by atoms with van der Waals surface area (Å²) >= 11 is 5.89. The number of aromatic nitrogens is 3. The molecule has 1 N–H and O–H groups in total. The van der Waals surface area contributed by atoms with Gasteiger partial charge in [-0.15, -0.1) is 0 Å². The summed E-state index contributed by atoms with van der Waals surface area (Å²) in [6.45, 7) is 1.86. The molecule has 0 spiro atoms. The van der Waals surface area contributed by atoms with E-state index in [1.165, 1.54) is 0 Å². The summed E-state index contributed by atoms with van der Waals surface area (Å²) in [7, 11) is 1.56. The van der Waals surface area contributed by atoms with Crippen LogP contribution < -0.4 is 4.74 Å². The van der Waals surface area contributed by atoms with E-state index in [9.17, 15) is 5.11 Å². The third-order valence-corrected chi connectivity index (χ3v) is 3.76. The maximum Gasteiger partial charge on any atom is 0.216 e. The van der Waals surface area contributed by atoms with Crippen molar-refractivity contribution >= 4 is 11.6 Å². The van der Waals surface area contributed by atoms with E-state index in [2.05, 4.69) is 15.0 Å². The molecular weight excluding hydrogens is 326 g/mol. The van der Waals surface area contributed by atoms with Gasteiger partial charge in [0.05, 0.1) is 12.8 Å². The molecule has 3 aromatic rings. The maximum atomic E-state index is 10.5. The maximum absolute atomic E-state index is 10.5. The molecule has 1 atom stereocenters. The highest BCUT2D eigenvalue weighted by atomic mass is 35.5. The Kier molecular flexibility index (Phi) is 4.74. The lowest BCUT2D eigenvalue weighted by molar-refractivity contribution is 0.215. The summed E-state index contributed by atoms with van der Waals surface area (Å²) < 4.78 is 5.17. The largest absolute Gasteiger partial charge is 0.481 e. The van der Waals surface area contributed by atoms with Crippen molar-refractivity contribution < 1.29 is 9.84 Å². The van der Waals surface area contributed by atoms with Gasteiger partial charge in [0.25, 0.3) is 0 Å². The Morgan fingerprint density at radius 2 is 1.79 bits per heavy atom. The Morgan fingerprint density at radius 3 is 2.50 bits per heavy atom. The number of ether oxygens (including phenoxy) is 1. The first-order valence-electron chi connectivity index (χ1n) is 7.37. The lowest BCUT2D eigenvalue weighted by Crippen LogP contribution is -2.04. The van der Waals surface area contributed by atoms with Gasteiger partial charge in [0.15, 0.2) is 5.82 Å². The van der Waals surface area contributed by atoms with Crippen LogP contribution in [0.25, 0.3) is 11.5 Å². The number of aryl methyl sites for hydroxylation is 1. The second kappa shape index (κ2) is 6.95. The van der Waals surface area contributed by atoms with Crippen LogP contribution in [-0.2, 0) is 0 Å². The molecule has 5 nitrogen and oxygen atoms in total. The fourth-order valence-electron chi connectivity index (χ4n) is 2.30. The molecule has 0 saturated heterocycles. The highest BCUT2D eigenvalue weighted by molar-refractivity contribution is 6.30. The first-order chi connectivity index (χ1) is 11.6. The molecule has 0 saturated carbocycles. The molecule has 3 rings (SSSR count). The molecule has 1 unspecified atom stereocenters. The van der Waals surface area contributed by atoms with Gasteiger partial charge in [-0.2, -0.15) is 4.98 Å². The molecule has 0 radical (unpaired) electrons. The fraction of sp³-hybridized carbons (Fsp3) is 0.167. The normalized spacial score (nSPS) is 12.0. The van der Waals surface area contributed by atoms with Gasteiger partial charge < -0.3 is 9.84 Å². The second-order valence-electron chi connectivity index (χ2n) is 5.28. The quantitative estimate of drug-likeness (QED) is 0.785. The van der Waals surface area contributed by atoms with Gasteiger partial charge in [-0.1, -0.05) is 29.8 Å². The van der Waals surface area contributed by atoms with E-state index in [1.807, 2.05) is 13.0 Å². The third-order valence-electron chi connectivity index (χ3n) is 3.51. The number of benzene rings is 1. The van der Waals surface area contributed by atoms with E-state index in [0.717, 1.165) is 5.69 Å². The zero-order valence-electron chi connectivity index (χ0n) is 13.3. The number of rotatable bonds is 4.